The van der Waals surface area contributed by atoms with E-state index in [0.29, 0.717) is 6.04 Å². The fourth-order valence-electron chi connectivity index (χ4n) is 1.88. The lowest BCUT2D eigenvalue weighted by Crippen LogP contribution is -2.62. The number of carbonyl (C=O) groups is 2. The lowest BCUT2D eigenvalue weighted by molar-refractivity contribution is -0.129. The summed E-state index contributed by atoms with van der Waals surface area (Å²) in [6.45, 7) is 6.02. The molecule has 2 aliphatic rings. The minimum Gasteiger partial charge on any atom is -0.329 e. The highest BCUT2D eigenvalue weighted by Crippen LogP contribution is 2.19. The predicted octanol–water partition coefficient (Wildman–Crippen LogP) is -0.369. The number of rotatable bonds is 2. The Morgan fingerprint density at radius 2 is 2.00 bits per heavy atom. The topological polar surface area (TPSA) is 52.6 Å². The van der Waals surface area contributed by atoms with Crippen molar-refractivity contribution in [3.63, 3.8) is 0 Å². The Morgan fingerprint density at radius 1 is 1.36 bits per heavy atom. The van der Waals surface area contributed by atoms with Gasteiger partial charge >= 0.3 is 6.03 Å². The molecule has 3 amide bonds. The molecule has 0 radical (unpaired) electrons. The molecule has 0 aromatic heterocycles. The van der Waals surface area contributed by atoms with Crippen molar-refractivity contribution in [3.05, 3.63) is 0 Å². The molecule has 2 saturated heterocycles. The number of urea groups is 1. The molecule has 0 saturated carbocycles. The first-order valence-corrected chi connectivity index (χ1v) is 4.93. The first-order chi connectivity index (χ1) is 6.59. The van der Waals surface area contributed by atoms with Crippen LogP contribution >= 0.6 is 0 Å². The fourth-order valence-corrected chi connectivity index (χ4v) is 1.88. The van der Waals surface area contributed by atoms with Crippen molar-refractivity contribution in [2.75, 3.05) is 19.6 Å². The summed E-state index contributed by atoms with van der Waals surface area (Å²) in [6.07, 6.45) is 0. The highest BCUT2D eigenvalue weighted by Gasteiger charge is 2.41. The van der Waals surface area contributed by atoms with Crippen LogP contribution in [0.5, 0.6) is 0 Å². The monoisotopic (exact) mass is 197 g/mol. The van der Waals surface area contributed by atoms with E-state index in [1.807, 2.05) is 0 Å². The van der Waals surface area contributed by atoms with E-state index in [4.69, 9.17) is 0 Å². The molecule has 2 aliphatic heterocycles. The molecule has 2 rings (SSSR count). The molecule has 1 N–H and O–H groups in total. The van der Waals surface area contributed by atoms with Crippen molar-refractivity contribution in [2.45, 2.75) is 25.9 Å². The van der Waals surface area contributed by atoms with Crippen LogP contribution in [0.2, 0.25) is 0 Å². The second-order valence-electron chi connectivity index (χ2n) is 4.12. The van der Waals surface area contributed by atoms with Gasteiger partial charge in [0, 0.05) is 19.1 Å². The number of hydrogen-bond acceptors (Lipinski definition) is 3. The number of amides is 3. The van der Waals surface area contributed by atoms with Crippen molar-refractivity contribution >= 4 is 11.9 Å². The summed E-state index contributed by atoms with van der Waals surface area (Å²) < 4.78 is 0. The third-order valence-corrected chi connectivity index (χ3v) is 2.86. The molecular formula is C9H15N3O2. The van der Waals surface area contributed by atoms with E-state index in [1.54, 1.807) is 0 Å². The Balaban J connectivity index is 1.93. The number of nitrogens with one attached hydrogen (secondary N) is 1. The van der Waals surface area contributed by atoms with E-state index >= 15 is 0 Å². The third-order valence-electron chi connectivity index (χ3n) is 2.86. The van der Waals surface area contributed by atoms with Gasteiger partial charge in [-0.05, 0) is 13.8 Å². The fraction of sp³-hybridized carbons (Fsp3) is 0.778. The number of carbonyl (C=O) groups excluding carboxylic acids is 2. The molecule has 5 nitrogen and oxygen atoms in total. The lowest BCUT2D eigenvalue weighted by Gasteiger charge is -2.44. The lowest BCUT2D eigenvalue weighted by atomic mass is 10.1. The molecule has 0 aromatic rings. The molecule has 0 aliphatic carbocycles. The van der Waals surface area contributed by atoms with Gasteiger partial charge in [0.1, 0.15) is 0 Å². The van der Waals surface area contributed by atoms with Crippen LogP contribution < -0.4 is 5.32 Å². The third kappa shape index (κ3) is 1.37. The summed E-state index contributed by atoms with van der Waals surface area (Å²) in [7, 11) is 0. The summed E-state index contributed by atoms with van der Waals surface area (Å²) >= 11 is 0. The summed E-state index contributed by atoms with van der Waals surface area (Å²) in [6, 6.07) is 0.350. The zero-order valence-corrected chi connectivity index (χ0v) is 8.49. The SMILES string of the molecule is CC(C)N1CC(N2C(=O)CNC2=O)C1. The molecule has 0 aromatic carbocycles. The van der Waals surface area contributed by atoms with Crippen LogP contribution in [-0.2, 0) is 4.79 Å². The summed E-state index contributed by atoms with van der Waals surface area (Å²) in [5, 5.41) is 2.53. The largest absolute Gasteiger partial charge is 0.329 e. The average molecular weight is 197 g/mol. The van der Waals surface area contributed by atoms with Crippen LogP contribution in [0.25, 0.3) is 0 Å². The first kappa shape index (κ1) is 9.45. The number of hydrogen-bond donors (Lipinski definition) is 1. The maximum atomic E-state index is 11.3. The van der Waals surface area contributed by atoms with Crippen molar-refractivity contribution in [3.8, 4) is 0 Å². The van der Waals surface area contributed by atoms with Crippen molar-refractivity contribution in [1.29, 1.82) is 0 Å². The Kier molecular flexibility index (Phi) is 2.19. The van der Waals surface area contributed by atoms with Gasteiger partial charge in [-0.25, -0.2) is 4.79 Å². The van der Waals surface area contributed by atoms with Crippen molar-refractivity contribution in [1.82, 2.24) is 15.1 Å². The molecule has 5 heteroatoms. The number of nitrogens with zero attached hydrogens (tertiary/aromatic N) is 2. The molecule has 14 heavy (non-hydrogen) atoms. The van der Waals surface area contributed by atoms with Gasteiger partial charge in [0.2, 0.25) is 5.91 Å². The zero-order valence-electron chi connectivity index (χ0n) is 8.49. The quantitative estimate of drug-likeness (QED) is 0.614. The summed E-state index contributed by atoms with van der Waals surface area (Å²) in [5.74, 6) is -0.0941. The second kappa shape index (κ2) is 3.24. The first-order valence-electron chi connectivity index (χ1n) is 4.93. The zero-order chi connectivity index (χ0) is 10.3. The molecule has 0 atom stereocenters. The summed E-state index contributed by atoms with van der Waals surface area (Å²) in [4.78, 5) is 26.2. The van der Waals surface area contributed by atoms with E-state index in [-0.39, 0.29) is 24.5 Å². The van der Waals surface area contributed by atoms with Gasteiger partial charge in [-0.1, -0.05) is 0 Å². The van der Waals surface area contributed by atoms with Gasteiger partial charge in [0.15, 0.2) is 0 Å². The highest BCUT2D eigenvalue weighted by molar-refractivity contribution is 6.02. The molecular weight excluding hydrogens is 182 g/mol. The van der Waals surface area contributed by atoms with E-state index in [2.05, 4.69) is 24.1 Å². The van der Waals surface area contributed by atoms with Gasteiger partial charge in [0.05, 0.1) is 12.6 Å². The molecule has 0 spiro atoms. The van der Waals surface area contributed by atoms with Gasteiger partial charge in [0.25, 0.3) is 0 Å². The molecule has 0 bridgehead atoms. The molecule has 2 fully saturated rings. The Hall–Kier alpha value is -1.10. The van der Waals surface area contributed by atoms with Crippen LogP contribution in [0.1, 0.15) is 13.8 Å². The highest BCUT2D eigenvalue weighted by atomic mass is 16.2. The van der Waals surface area contributed by atoms with E-state index < -0.39 is 0 Å². The van der Waals surface area contributed by atoms with Gasteiger partial charge < -0.3 is 5.32 Å². The minimum absolute atomic E-state index is 0.0902. The van der Waals surface area contributed by atoms with Crippen LogP contribution in [0.15, 0.2) is 0 Å². The van der Waals surface area contributed by atoms with Crippen LogP contribution in [0.3, 0.4) is 0 Å². The maximum absolute atomic E-state index is 11.3. The van der Waals surface area contributed by atoms with E-state index in [9.17, 15) is 9.59 Å². The number of imide groups is 1. The van der Waals surface area contributed by atoms with Gasteiger partial charge in [-0.2, -0.15) is 0 Å². The van der Waals surface area contributed by atoms with Crippen LogP contribution in [0.4, 0.5) is 4.79 Å². The van der Waals surface area contributed by atoms with Crippen LogP contribution in [0, 0.1) is 0 Å². The predicted molar refractivity (Wildman–Crippen MR) is 50.7 cm³/mol. The van der Waals surface area contributed by atoms with Crippen molar-refractivity contribution in [2.24, 2.45) is 0 Å². The van der Waals surface area contributed by atoms with Crippen LogP contribution in [-0.4, -0.2) is 53.5 Å². The van der Waals surface area contributed by atoms with Gasteiger partial charge in [-0.15, -0.1) is 0 Å². The molecule has 78 valence electrons. The Bertz CT molecular complexity index is 255. The second-order valence-corrected chi connectivity index (χ2v) is 4.12. The standard InChI is InChI=1S/C9H15N3O2/c1-6(2)11-4-7(5-11)12-8(13)3-10-9(12)14/h6-7H,3-5H2,1-2H3,(H,10,14). The Morgan fingerprint density at radius 3 is 2.43 bits per heavy atom. The normalized spacial score (nSPS) is 24.4. The molecule has 2 heterocycles. The average Bonchev–Trinajstić information content (AvgIpc) is 2.32. The Labute approximate surface area is 83.0 Å². The molecule has 0 unspecified atom stereocenters. The maximum Gasteiger partial charge on any atom is 0.324 e. The summed E-state index contributed by atoms with van der Waals surface area (Å²) in [5.41, 5.74) is 0. The smallest absolute Gasteiger partial charge is 0.324 e. The minimum atomic E-state index is -0.233. The van der Waals surface area contributed by atoms with Crippen molar-refractivity contribution < 1.29 is 9.59 Å². The van der Waals surface area contributed by atoms with Gasteiger partial charge in [-0.3, -0.25) is 14.6 Å². The number of likely N-dealkylation sites (tertiary alicyclic amines) is 1. The van der Waals surface area contributed by atoms with E-state index in [1.165, 1.54) is 4.90 Å². The van der Waals surface area contributed by atoms with E-state index in [0.717, 1.165) is 13.1 Å².